The number of carbonyl (C=O) groups is 2. The molecule has 0 saturated carbocycles. The van der Waals surface area contributed by atoms with E-state index in [0.29, 0.717) is 34.2 Å². The fourth-order valence-electron chi connectivity index (χ4n) is 3.31. The second kappa shape index (κ2) is 10.3. The minimum Gasteiger partial charge on any atom is -0.478 e. The first-order valence-corrected chi connectivity index (χ1v) is 9.44. The summed E-state index contributed by atoms with van der Waals surface area (Å²) < 4.78 is 0. The normalized spacial score (nSPS) is 18.1. The van der Waals surface area contributed by atoms with E-state index in [0.717, 1.165) is 12.8 Å². The number of aliphatic carboxylic acids is 2. The van der Waals surface area contributed by atoms with Crippen LogP contribution in [0.1, 0.15) is 41.5 Å². The van der Waals surface area contributed by atoms with Gasteiger partial charge in [-0.25, -0.2) is 9.59 Å². The first-order chi connectivity index (χ1) is 13.3. The number of hydrogen-bond acceptors (Lipinski definition) is 3. The SMILES string of the molecule is CN[C@H]1CC[C@@H](c2ccc(Cl)c(Cl)c2)c2ccccc21.O=C(O)C=CC(=O)O. The van der Waals surface area contributed by atoms with Crippen molar-refractivity contribution < 1.29 is 19.8 Å². The van der Waals surface area contributed by atoms with Gasteiger partial charge in [0.15, 0.2) is 0 Å². The number of carboxylic acid groups (broad SMARTS) is 2. The molecule has 0 aromatic heterocycles. The minimum atomic E-state index is -1.26. The zero-order valence-corrected chi connectivity index (χ0v) is 16.7. The average molecular weight is 422 g/mol. The number of rotatable bonds is 4. The van der Waals surface area contributed by atoms with Gasteiger partial charge < -0.3 is 15.5 Å². The van der Waals surface area contributed by atoms with E-state index in [2.05, 4.69) is 35.6 Å². The van der Waals surface area contributed by atoms with Crippen molar-refractivity contribution >= 4 is 35.1 Å². The van der Waals surface area contributed by atoms with Gasteiger partial charge in [-0.3, -0.25) is 0 Å². The van der Waals surface area contributed by atoms with Crippen LogP contribution in [0.3, 0.4) is 0 Å². The molecule has 1 aliphatic rings. The van der Waals surface area contributed by atoms with Gasteiger partial charge >= 0.3 is 11.9 Å². The molecule has 5 nitrogen and oxygen atoms in total. The Morgan fingerprint density at radius 1 is 0.964 bits per heavy atom. The molecule has 0 amide bonds. The third-order valence-corrected chi connectivity index (χ3v) is 5.29. The first kappa shape index (κ1) is 22.0. The van der Waals surface area contributed by atoms with Gasteiger partial charge in [0.2, 0.25) is 0 Å². The van der Waals surface area contributed by atoms with Crippen LogP contribution < -0.4 is 5.32 Å². The van der Waals surface area contributed by atoms with E-state index in [9.17, 15) is 9.59 Å². The lowest BCUT2D eigenvalue weighted by Gasteiger charge is -2.32. The smallest absolute Gasteiger partial charge is 0.328 e. The lowest BCUT2D eigenvalue weighted by molar-refractivity contribution is -0.134. The molecular weight excluding hydrogens is 401 g/mol. The van der Waals surface area contributed by atoms with E-state index < -0.39 is 11.9 Å². The lowest BCUT2D eigenvalue weighted by Crippen LogP contribution is -2.24. The van der Waals surface area contributed by atoms with E-state index in [-0.39, 0.29) is 0 Å². The molecule has 3 rings (SSSR count). The summed E-state index contributed by atoms with van der Waals surface area (Å²) >= 11 is 12.2. The van der Waals surface area contributed by atoms with E-state index in [1.807, 2.05) is 19.2 Å². The fourth-order valence-corrected chi connectivity index (χ4v) is 3.61. The van der Waals surface area contributed by atoms with Crippen LogP contribution in [-0.2, 0) is 9.59 Å². The van der Waals surface area contributed by atoms with Crippen molar-refractivity contribution in [2.75, 3.05) is 7.05 Å². The van der Waals surface area contributed by atoms with E-state index in [1.54, 1.807) is 0 Å². The van der Waals surface area contributed by atoms with E-state index >= 15 is 0 Å². The van der Waals surface area contributed by atoms with Crippen molar-refractivity contribution in [3.63, 3.8) is 0 Å². The van der Waals surface area contributed by atoms with Gasteiger partial charge in [-0.1, -0.05) is 53.5 Å². The molecule has 0 unspecified atom stereocenters. The third kappa shape index (κ3) is 5.83. The highest BCUT2D eigenvalue weighted by Gasteiger charge is 2.27. The van der Waals surface area contributed by atoms with E-state index in [1.165, 1.54) is 16.7 Å². The minimum absolute atomic E-state index is 0.408. The van der Waals surface area contributed by atoms with Gasteiger partial charge in [0.05, 0.1) is 10.0 Å². The van der Waals surface area contributed by atoms with Crippen LogP contribution in [0, 0.1) is 0 Å². The van der Waals surface area contributed by atoms with Crippen molar-refractivity contribution in [1.82, 2.24) is 5.32 Å². The maximum Gasteiger partial charge on any atom is 0.328 e. The zero-order chi connectivity index (χ0) is 20.7. The number of carboxylic acids is 2. The van der Waals surface area contributed by atoms with Gasteiger partial charge in [-0.05, 0) is 48.7 Å². The number of benzene rings is 2. The Balaban J connectivity index is 0.000000300. The largest absolute Gasteiger partial charge is 0.478 e. The molecule has 3 N–H and O–H groups in total. The summed E-state index contributed by atoms with van der Waals surface area (Å²) in [5, 5.41) is 20.3. The van der Waals surface area contributed by atoms with Crippen LogP contribution in [0.5, 0.6) is 0 Å². The highest BCUT2D eigenvalue weighted by atomic mass is 35.5. The summed E-state index contributed by atoms with van der Waals surface area (Å²) in [6.45, 7) is 0. The number of nitrogens with one attached hydrogen (secondary N) is 1. The quantitative estimate of drug-likeness (QED) is 0.611. The van der Waals surface area contributed by atoms with Gasteiger partial charge in [0.1, 0.15) is 0 Å². The molecule has 0 fully saturated rings. The molecule has 2 aromatic carbocycles. The summed E-state index contributed by atoms with van der Waals surface area (Å²) in [6.07, 6.45) is 3.38. The topological polar surface area (TPSA) is 86.6 Å². The number of hydrogen-bond donors (Lipinski definition) is 3. The summed E-state index contributed by atoms with van der Waals surface area (Å²) in [5.41, 5.74) is 4.05. The van der Waals surface area contributed by atoms with Crippen molar-refractivity contribution in [1.29, 1.82) is 0 Å². The fraction of sp³-hybridized carbons (Fsp3) is 0.238. The van der Waals surface area contributed by atoms with Crippen molar-refractivity contribution in [2.24, 2.45) is 0 Å². The maximum absolute atomic E-state index is 9.55. The van der Waals surface area contributed by atoms with Gasteiger partial charge in [0, 0.05) is 24.1 Å². The van der Waals surface area contributed by atoms with Crippen LogP contribution in [0.4, 0.5) is 0 Å². The number of fused-ring (bicyclic) bond motifs is 1. The Bertz CT molecular complexity index is 866. The van der Waals surface area contributed by atoms with Crippen LogP contribution >= 0.6 is 23.2 Å². The molecule has 0 heterocycles. The Hall–Kier alpha value is -2.34. The molecule has 0 bridgehead atoms. The Morgan fingerprint density at radius 2 is 1.57 bits per heavy atom. The van der Waals surface area contributed by atoms with Gasteiger partial charge in [-0.2, -0.15) is 0 Å². The zero-order valence-electron chi connectivity index (χ0n) is 15.2. The van der Waals surface area contributed by atoms with Crippen LogP contribution in [-0.4, -0.2) is 29.2 Å². The number of halogens is 2. The van der Waals surface area contributed by atoms with E-state index in [4.69, 9.17) is 33.4 Å². The first-order valence-electron chi connectivity index (χ1n) is 8.68. The standard InChI is InChI=1S/C17H17Cl2N.C4H4O4/c1-20-17-9-7-12(13-4-2-3-5-14(13)17)11-6-8-15(18)16(19)10-11;5-3(6)1-2-4(7)8/h2-6,8,10,12,17,20H,7,9H2,1H3;1-2H,(H,5,6)(H,7,8)/t12-,17-;/m0./s1. The summed E-state index contributed by atoms with van der Waals surface area (Å²) in [4.78, 5) is 19.1. The molecule has 7 heteroatoms. The predicted molar refractivity (Wildman–Crippen MR) is 110 cm³/mol. The molecule has 28 heavy (non-hydrogen) atoms. The maximum atomic E-state index is 9.55. The second-order valence-electron chi connectivity index (χ2n) is 6.28. The van der Waals surface area contributed by atoms with Gasteiger partial charge in [0.25, 0.3) is 0 Å². The third-order valence-electron chi connectivity index (χ3n) is 4.55. The second-order valence-corrected chi connectivity index (χ2v) is 7.10. The summed E-state index contributed by atoms with van der Waals surface area (Å²) in [7, 11) is 2.03. The van der Waals surface area contributed by atoms with Crippen LogP contribution in [0.25, 0.3) is 0 Å². The monoisotopic (exact) mass is 421 g/mol. The molecule has 148 valence electrons. The van der Waals surface area contributed by atoms with Crippen LogP contribution in [0.2, 0.25) is 10.0 Å². The molecule has 0 spiro atoms. The Kier molecular flexibility index (Phi) is 8.05. The highest BCUT2D eigenvalue weighted by molar-refractivity contribution is 6.42. The van der Waals surface area contributed by atoms with Crippen molar-refractivity contribution in [3.8, 4) is 0 Å². The Morgan fingerprint density at radius 3 is 2.11 bits per heavy atom. The molecular formula is C21H21Cl2NO4. The molecule has 1 aliphatic carbocycles. The predicted octanol–water partition coefficient (Wildman–Crippen LogP) is 4.89. The summed E-state index contributed by atoms with van der Waals surface area (Å²) in [5.74, 6) is -2.11. The molecule has 0 radical (unpaired) electrons. The highest BCUT2D eigenvalue weighted by Crippen LogP contribution is 2.42. The van der Waals surface area contributed by atoms with Crippen molar-refractivity contribution in [3.05, 3.63) is 81.4 Å². The van der Waals surface area contributed by atoms with Gasteiger partial charge in [-0.15, -0.1) is 0 Å². The molecule has 2 atom stereocenters. The molecule has 0 saturated heterocycles. The van der Waals surface area contributed by atoms with Crippen LogP contribution in [0.15, 0.2) is 54.6 Å². The molecule has 2 aromatic rings. The Labute approximate surface area is 173 Å². The molecule has 0 aliphatic heterocycles. The lowest BCUT2D eigenvalue weighted by atomic mass is 9.77. The van der Waals surface area contributed by atoms with Crippen molar-refractivity contribution in [2.45, 2.75) is 24.8 Å². The summed E-state index contributed by atoms with van der Waals surface area (Å²) in [6, 6.07) is 15.1. The average Bonchev–Trinajstić information content (AvgIpc) is 2.68.